The zero-order chi connectivity index (χ0) is 21.0. The van der Waals surface area contributed by atoms with Crippen LogP contribution in [0.1, 0.15) is 40.3 Å². The van der Waals surface area contributed by atoms with E-state index < -0.39 is 5.82 Å². The highest BCUT2D eigenvalue weighted by Crippen LogP contribution is 2.22. The largest absolute Gasteiger partial charge is 0.494 e. The maximum Gasteiger partial charge on any atom is 0.260 e. The number of ether oxygens (including phenoxy) is 1. The third-order valence-electron chi connectivity index (χ3n) is 4.27. The molecule has 0 aliphatic carbocycles. The summed E-state index contributed by atoms with van der Waals surface area (Å²) in [5.74, 6) is -0.407. The third kappa shape index (κ3) is 5.00. The molecule has 0 bridgehead atoms. The predicted molar refractivity (Wildman–Crippen MR) is 107 cm³/mol. The first kappa shape index (κ1) is 20.5. The van der Waals surface area contributed by atoms with E-state index in [-0.39, 0.29) is 30.0 Å². The molecule has 9 heteroatoms. The number of aryl methyl sites for hydroxylation is 1. The van der Waals surface area contributed by atoms with Gasteiger partial charge in [0.2, 0.25) is 5.91 Å². The fourth-order valence-corrected chi connectivity index (χ4v) is 3.43. The Kier molecular flexibility index (Phi) is 6.28. The molecule has 0 spiro atoms. The van der Waals surface area contributed by atoms with E-state index in [4.69, 9.17) is 9.15 Å². The number of benzene rings is 1. The maximum absolute atomic E-state index is 13.8. The molecule has 0 radical (unpaired) electrons. The molecule has 3 rings (SSSR count). The van der Waals surface area contributed by atoms with Gasteiger partial charge in [-0.1, -0.05) is 6.07 Å². The third-order valence-corrected chi connectivity index (χ3v) is 5.08. The van der Waals surface area contributed by atoms with Crippen molar-refractivity contribution < 1.29 is 23.1 Å². The van der Waals surface area contributed by atoms with E-state index >= 15 is 0 Å². The topological polar surface area (TPSA) is 93.5 Å². The van der Waals surface area contributed by atoms with Gasteiger partial charge < -0.3 is 14.5 Å². The Labute approximate surface area is 170 Å². The van der Waals surface area contributed by atoms with Gasteiger partial charge in [0, 0.05) is 5.38 Å². The number of aromatic nitrogens is 1. The summed E-state index contributed by atoms with van der Waals surface area (Å²) in [5.41, 5.74) is 1.58. The summed E-state index contributed by atoms with van der Waals surface area (Å²) in [4.78, 5) is 28.7. The molecular formula is C20H20FN3O4S. The molecule has 29 heavy (non-hydrogen) atoms. The smallest absolute Gasteiger partial charge is 0.260 e. The average molecular weight is 417 g/mol. The van der Waals surface area contributed by atoms with Crippen molar-refractivity contribution >= 4 is 28.3 Å². The molecule has 152 valence electrons. The number of amides is 2. The first-order valence-electron chi connectivity index (χ1n) is 8.80. The van der Waals surface area contributed by atoms with Crippen LogP contribution in [0.2, 0.25) is 0 Å². The molecule has 2 aromatic heterocycles. The van der Waals surface area contributed by atoms with E-state index in [9.17, 15) is 14.0 Å². The minimum absolute atomic E-state index is 0.0418. The highest BCUT2D eigenvalue weighted by molar-refractivity contribution is 7.14. The SMILES string of the molecule is COc1ccc([C@@H](C)NC(=O)Cc2csc(NC(=O)c3ccoc3C)n2)cc1F. The van der Waals surface area contributed by atoms with Crippen LogP contribution in [0.25, 0.3) is 0 Å². The molecule has 0 aliphatic heterocycles. The fourth-order valence-electron chi connectivity index (χ4n) is 2.72. The normalized spacial score (nSPS) is 11.7. The van der Waals surface area contributed by atoms with E-state index in [1.807, 2.05) is 0 Å². The van der Waals surface area contributed by atoms with Crippen molar-refractivity contribution in [2.24, 2.45) is 0 Å². The molecule has 2 amide bonds. The van der Waals surface area contributed by atoms with Crippen molar-refractivity contribution in [2.75, 3.05) is 12.4 Å². The first-order valence-corrected chi connectivity index (χ1v) is 9.68. The summed E-state index contributed by atoms with van der Waals surface area (Å²) in [6.45, 7) is 3.46. The standard InChI is InChI=1S/C20H20FN3O4S/c1-11(13-4-5-17(27-3)16(21)8-13)22-18(25)9-14-10-29-20(23-14)24-19(26)15-6-7-28-12(15)2/h4-8,10-11H,9H2,1-3H3,(H,22,25)(H,23,24,26)/t11-/m1/s1. The van der Waals surface area contributed by atoms with Gasteiger partial charge in [0.25, 0.3) is 5.91 Å². The number of methoxy groups -OCH3 is 1. The van der Waals surface area contributed by atoms with Crippen molar-refractivity contribution in [3.8, 4) is 5.75 Å². The number of halogens is 1. The second kappa shape index (κ2) is 8.87. The summed E-state index contributed by atoms with van der Waals surface area (Å²) in [7, 11) is 1.39. The number of anilines is 1. The fraction of sp³-hybridized carbons (Fsp3) is 0.250. The lowest BCUT2D eigenvalue weighted by molar-refractivity contribution is -0.121. The molecule has 0 aliphatic rings. The quantitative estimate of drug-likeness (QED) is 0.609. The van der Waals surface area contributed by atoms with Crippen LogP contribution in [-0.2, 0) is 11.2 Å². The van der Waals surface area contributed by atoms with Crippen LogP contribution in [0, 0.1) is 12.7 Å². The Balaban J connectivity index is 1.56. The second-order valence-electron chi connectivity index (χ2n) is 6.35. The molecule has 1 aromatic carbocycles. The number of rotatable bonds is 7. The number of furan rings is 1. The van der Waals surface area contributed by atoms with Crippen LogP contribution in [0.5, 0.6) is 5.75 Å². The van der Waals surface area contributed by atoms with Gasteiger partial charge >= 0.3 is 0 Å². The zero-order valence-electron chi connectivity index (χ0n) is 16.1. The Morgan fingerprint density at radius 2 is 2.14 bits per heavy atom. The summed E-state index contributed by atoms with van der Waals surface area (Å²) >= 11 is 1.23. The van der Waals surface area contributed by atoms with Gasteiger partial charge in [-0.3, -0.25) is 14.9 Å². The molecule has 0 saturated carbocycles. The summed E-state index contributed by atoms with van der Waals surface area (Å²) in [5, 5.41) is 7.59. The molecule has 0 fully saturated rings. The first-order chi connectivity index (χ1) is 13.9. The van der Waals surface area contributed by atoms with Crippen molar-refractivity contribution in [3.63, 3.8) is 0 Å². The Morgan fingerprint density at radius 1 is 1.34 bits per heavy atom. The van der Waals surface area contributed by atoms with Crippen molar-refractivity contribution in [1.29, 1.82) is 0 Å². The number of carbonyl (C=O) groups excluding carboxylic acids is 2. The lowest BCUT2D eigenvalue weighted by atomic mass is 10.1. The van der Waals surface area contributed by atoms with Gasteiger partial charge in [-0.2, -0.15) is 0 Å². The van der Waals surface area contributed by atoms with Gasteiger partial charge in [-0.05, 0) is 37.6 Å². The van der Waals surface area contributed by atoms with Gasteiger partial charge in [0.15, 0.2) is 16.7 Å². The van der Waals surface area contributed by atoms with Gasteiger partial charge in [-0.15, -0.1) is 11.3 Å². The number of carbonyl (C=O) groups is 2. The monoisotopic (exact) mass is 417 g/mol. The van der Waals surface area contributed by atoms with Gasteiger partial charge in [0.1, 0.15) is 5.76 Å². The second-order valence-corrected chi connectivity index (χ2v) is 7.21. The molecule has 1 atom stereocenters. The lowest BCUT2D eigenvalue weighted by Gasteiger charge is -2.15. The number of hydrogen-bond acceptors (Lipinski definition) is 6. The molecule has 2 N–H and O–H groups in total. The van der Waals surface area contributed by atoms with Crippen molar-refractivity contribution in [1.82, 2.24) is 10.3 Å². The zero-order valence-corrected chi connectivity index (χ0v) is 16.9. The lowest BCUT2D eigenvalue weighted by Crippen LogP contribution is -2.28. The molecular weight excluding hydrogens is 397 g/mol. The maximum atomic E-state index is 13.8. The highest BCUT2D eigenvalue weighted by Gasteiger charge is 2.16. The van der Waals surface area contributed by atoms with E-state index in [1.165, 1.54) is 36.8 Å². The molecule has 2 heterocycles. The van der Waals surface area contributed by atoms with E-state index in [0.29, 0.717) is 27.7 Å². The summed E-state index contributed by atoms with van der Waals surface area (Å²) < 4.78 is 23.9. The van der Waals surface area contributed by atoms with Crippen molar-refractivity contribution in [3.05, 3.63) is 64.3 Å². The van der Waals surface area contributed by atoms with Gasteiger partial charge in [0.05, 0.1) is 37.1 Å². The molecule has 0 saturated heterocycles. The van der Waals surface area contributed by atoms with E-state index in [0.717, 1.165) is 0 Å². The number of thiazole rings is 1. The number of nitrogens with zero attached hydrogens (tertiary/aromatic N) is 1. The minimum atomic E-state index is -0.487. The van der Waals surface area contributed by atoms with Crippen molar-refractivity contribution in [2.45, 2.75) is 26.3 Å². The molecule has 0 unspecified atom stereocenters. The van der Waals surface area contributed by atoms with Crippen LogP contribution in [-0.4, -0.2) is 23.9 Å². The summed E-state index contributed by atoms with van der Waals surface area (Å²) in [6, 6.07) is 5.74. The van der Waals surface area contributed by atoms with E-state index in [2.05, 4.69) is 15.6 Å². The Bertz CT molecular complexity index is 1030. The number of nitrogens with one attached hydrogen (secondary N) is 2. The Morgan fingerprint density at radius 3 is 2.79 bits per heavy atom. The van der Waals surface area contributed by atoms with E-state index in [1.54, 1.807) is 31.4 Å². The van der Waals surface area contributed by atoms with Crippen LogP contribution in [0.4, 0.5) is 9.52 Å². The Hall–Kier alpha value is -3.20. The highest BCUT2D eigenvalue weighted by atomic mass is 32.1. The van der Waals surface area contributed by atoms with Crippen LogP contribution in [0.15, 0.2) is 40.3 Å². The van der Waals surface area contributed by atoms with Crippen LogP contribution >= 0.6 is 11.3 Å². The van der Waals surface area contributed by atoms with Crippen LogP contribution < -0.4 is 15.4 Å². The molecule has 7 nitrogen and oxygen atoms in total. The average Bonchev–Trinajstić information content (AvgIpc) is 3.30. The van der Waals surface area contributed by atoms with Crippen LogP contribution in [0.3, 0.4) is 0 Å². The summed E-state index contributed by atoms with van der Waals surface area (Å²) in [6.07, 6.45) is 1.48. The predicted octanol–water partition coefficient (Wildman–Crippen LogP) is 3.86. The van der Waals surface area contributed by atoms with Gasteiger partial charge in [-0.25, -0.2) is 9.37 Å². The molecule has 3 aromatic rings. The minimum Gasteiger partial charge on any atom is -0.494 e. The number of hydrogen-bond donors (Lipinski definition) is 2.